The third-order valence-electron chi connectivity index (χ3n) is 2.07. The van der Waals surface area contributed by atoms with Crippen LogP contribution < -0.4 is 5.32 Å². The average molecular weight is 264 g/mol. The number of fused-ring (bicyclic) bond motifs is 1. The lowest BCUT2D eigenvalue weighted by Crippen LogP contribution is -2.44. The summed E-state index contributed by atoms with van der Waals surface area (Å²) in [5.74, 6) is -1.44. The van der Waals surface area contributed by atoms with Gasteiger partial charge in [0.25, 0.3) is 10.2 Å². The van der Waals surface area contributed by atoms with Gasteiger partial charge in [-0.05, 0) is 12.1 Å². The number of carbonyl (C=O) groups is 2. The first-order valence-corrected chi connectivity index (χ1v) is 5.10. The highest BCUT2D eigenvalue weighted by Gasteiger charge is 2.47. The van der Waals surface area contributed by atoms with E-state index in [2.05, 4.69) is 5.32 Å². The molecule has 0 fully saturated rings. The summed E-state index contributed by atoms with van der Waals surface area (Å²) in [6, 6.07) is 4.65. The molecule has 0 unspecified atom stereocenters. The van der Waals surface area contributed by atoms with Gasteiger partial charge in [0.2, 0.25) is 5.78 Å². The van der Waals surface area contributed by atoms with Crippen LogP contribution in [0.1, 0.15) is 10.4 Å². The fourth-order valence-electron chi connectivity index (χ4n) is 1.30. The first-order chi connectivity index (χ1) is 6.94. The summed E-state index contributed by atoms with van der Waals surface area (Å²) < 4.78 is -2.07. The van der Waals surface area contributed by atoms with Gasteiger partial charge in [-0.3, -0.25) is 9.59 Å². The van der Waals surface area contributed by atoms with Crippen molar-refractivity contribution in [3.05, 3.63) is 28.8 Å². The summed E-state index contributed by atoms with van der Waals surface area (Å²) in [5, 5.41) is 2.67. The zero-order valence-corrected chi connectivity index (χ0v) is 9.45. The van der Waals surface area contributed by atoms with Crippen molar-refractivity contribution in [3.8, 4) is 0 Å². The smallest absolute Gasteiger partial charge is 0.269 e. The third-order valence-corrected chi connectivity index (χ3v) is 3.07. The van der Waals surface area contributed by atoms with Gasteiger partial charge in [-0.25, -0.2) is 0 Å². The highest BCUT2D eigenvalue weighted by molar-refractivity contribution is 6.71. The molecule has 1 aliphatic heterocycles. The molecule has 0 radical (unpaired) electrons. The van der Waals surface area contributed by atoms with Crippen LogP contribution in [0.5, 0.6) is 0 Å². The quantitative estimate of drug-likeness (QED) is 0.578. The summed E-state index contributed by atoms with van der Waals surface area (Å²) in [6.45, 7) is 0. The van der Waals surface area contributed by atoms with Crippen molar-refractivity contribution in [1.82, 2.24) is 0 Å². The van der Waals surface area contributed by atoms with E-state index < -0.39 is 16.0 Å². The predicted molar refractivity (Wildman–Crippen MR) is 58.8 cm³/mol. The minimum absolute atomic E-state index is 0.215. The zero-order chi connectivity index (χ0) is 11.2. The Balaban J connectivity index is 2.66. The first kappa shape index (κ1) is 10.7. The Labute approximate surface area is 100 Å². The molecule has 15 heavy (non-hydrogen) atoms. The molecule has 0 atom stereocenters. The maximum atomic E-state index is 11.7. The molecule has 1 amide bonds. The van der Waals surface area contributed by atoms with Crippen molar-refractivity contribution in [3.63, 3.8) is 0 Å². The number of Topliss-reactive ketones (excluding diaryl/α,β-unsaturated/α-hetero) is 1. The summed E-state index contributed by atoms with van der Waals surface area (Å²) >= 11 is 17.0. The largest absolute Gasteiger partial charge is 0.321 e. The number of anilines is 1. The third kappa shape index (κ3) is 1.51. The van der Waals surface area contributed by atoms with Crippen LogP contribution >= 0.6 is 34.8 Å². The maximum absolute atomic E-state index is 11.7. The van der Waals surface area contributed by atoms with Crippen molar-refractivity contribution in [1.29, 1.82) is 0 Å². The summed E-state index contributed by atoms with van der Waals surface area (Å²) in [7, 11) is 0. The van der Waals surface area contributed by atoms with E-state index in [9.17, 15) is 9.59 Å². The van der Waals surface area contributed by atoms with Crippen LogP contribution in [-0.4, -0.2) is 16.0 Å². The van der Waals surface area contributed by atoms with Crippen molar-refractivity contribution in [2.24, 2.45) is 0 Å². The van der Waals surface area contributed by atoms with Gasteiger partial charge < -0.3 is 5.32 Å². The lowest BCUT2D eigenvalue weighted by molar-refractivity contribution is -0.116. The number of hydrogen-bond donors (Lipinski definition) is 1. The summed E-state index contributed by atoms with van der Waals surface area (Å²) in [6.07, 6.45) is 0. The van der Waals surface area contributed by atoms with Gasteiger partial charge in [-0.2, -0.15) is 0 Å². The Kier molecular flexibility index (Phi) is 2.41. The predicted octanol–water partition coefficient (Wildman–Crippen LogP) is 2.65. The lowest BCUT2D eigenvalue weighted by atomic mass is 10.0. The van der Waals surface area contributed by atoms with Crippen LogP contribution in [0.25, 0.3) is 0 Å². The molecule has 1 N–H and O–H groups in total. The molecule has 78 valence electrons. The number of ketones is 1. The van der Waals surface area contributed by atoms with Crippen molar-refractivity contribution < 1.29 is 9.59 Å². The van der Waals surface area contributed by atoms with E-state index in [0.717, 1.165) is 0 Å². The molecule has 0 saturated carbocycles. The van der Waals surface area contributed by atoms with Crippen LogP contribution in [0.2, 0.25) is 5.02 Å². The molecule has 0 saturated heterocycles. The Hall–Kier alpha value is -0.770. The Morgan fingerprint density at radius 1 is 1.20 bits per heavy atom. The van der Waals surface area contributed by atoms with Gasteiger partial charge in [0.15, 0.2) is 0 Å². The summed E-state index contributed by atoms with van der Waals surface area (Å²) in [5.41, 5.74) is 0.471. The van der Waals surface area contributed by atoms with Crippen molar-refractivity contribution in [2.45, 2.75) is 4.33 Å². The molecular formula is C9H4Cl3NO2. The first-order valence-electron chi connectivity index (χ1n) is 3.97. The van der Waals surface area contributed by atoms with Gasteiger partial charge in [-0.15, -0.1) is 0 Å². The molecule has 0 spiro atoms. The number of amides is 1. The van der Waals surface area contributed by atoms with Gasteiger partial charge in [0.1, 0.15) is 0 Å². The molecule has 0 bridgehead atoms. The molecule has 1 aromatic carbocycles. The number of rotatable bonds is 0. The highest BCUT2D eigenvalue weighted by atomic mass is 35.5. The van der Waals surface area contributed by atoms with E-state index in [0.29, 0.717) is 0 Å². The van der Waals surface area contributed by atoms with Gasteiger partial charge in [-0.1, -0.05) is 40.9 Å². The highest BCUT2D eigenvalue weighted by Crippen LogP contribution is 2.38. The molecule has 1 aliphatic rings. The standard InChI is InChI=1S/C9H4Cl3NO2/c10-5-3-1-2-4-6(5)13-8(15)9(11,12)7(4)14/h1-3H,(H,13,15). The fourth-order valence-corrected chi connectivity index (χ4v) is 1.82. The monoisotopic (exact) mass is 263 g/mol. The number of hydrogen-bond acceptors (Lipinski definition) is 2. The minimum atomic E-state index is -2.07. The average Bonchev–Trinajstić information content (AvgIpc) is 2.18. The number of para-hydroxylation sites is 1. The zero-order valence-electron chi connectivity index (χ0n) is 7.18. The molecule has 1 aromatic rings. The lowest BCUT2D eigenvalue weighted by Gasteiger charge is -2.25. The van der Waals surface area contributed by atoms with Crippen LogP contribution in [-0.2, 0) is 4.79 Å². The van der Waals surface area contributed by atoms with Gasteiger partial charge >= 0.3 is 0 Å². The van der Waals surface area contributed by atoms with Gasteiger partial charge in [0.05, 0.1) is 10.7 Å². The van der Waals surface area contributed by atoms with E-state index in [4.69, 9.17) is 34.8 Å². The normalized spacial score (nSPS) is 18.3. The van der Waals surface area contributed by atoms with Crippen molar-refractivity contribution in [2.75, 3.05) is 5.32 Å². The van der Waals surface area contributed by atoms with E-state index >= 15 is 0 Å². The molecule has 6 heteroatoms. The number of carbonyl (C=O) groups excluding carboxylic acids is 2. The van der Waals surface area contributed by atoms with E-state index in [1.54, 1.807) is 12.1 Å². The number of halogens is 3. The Bertz CT molecular complexity index is 470. The molecule has 1 heterocycles. The second-order valence-corrected chi connectivity index (χ2v) is 4.75. The van der Waals surface area contributed by atoms with E-state index in [1.807, 2.05) is 0 Å². The number of nitrogens with one attached hydrogen (secondary N) is 1. The van der Waals surface area contributed by atoms with Crippen LogP contribution in [0.15, 0.2) is 18.2 Å². The van der Waals surface area contributed by atoms with E-state index in [1.165, 1.54) is 6.07 Å². The molecule has 3 nitrogen and oxygen atoms in total. The molecular weight excluding hydrogens is 260 g/mol. The number of alkyl halides is 2. The maximum Gasteiger partial charge on any atom is 0.269 e. The van der Waals surface area contributed by atoms with Crippen LogP contribution in [0.3, 0.4) is 0 Å². The molecule has 0 aromatic heterocycles. The number of benzene rings is 1. The SMILES string of the molecule is O=C1Nc2c(Cl)cccc2C(=O)C1(Cl)Cl. The second-order valence-electron chi connectivity index (χ2n) is 3.02. The van der Waals surface area contributed by atoms with Crippen LogP contribution in [0, 0.1) is 0 Å². The van der Waals surface area contributed by atoms with Crippen molar-refractivity contribution >= 4 is 52.2 Å². The van der Waals surface area contributed by atoms with Gasteiger partial charge in [0, 0.05) is 5.56 Å². The Morgan fingerprint density at radius 2 is 1.87 bits per heavy atom. The fraction of sp³-hybridized carbons (Fsp3) is 0.111. The van der Waals surface area contributed by atoms with Crippen LogP contribution in [0.4, 0.5) is 5.69 Å². The Morgan fingerprint density at radius 3 is 2.53 bits per heavy atom. The van der Waals surface area contributed by atoms with E-state index in [-0.39, 0.29) is 16.3 Å². The molecule has 0 aliphatic carbocycles. The molecule has 2 rings (SSSR count). The summed E-state index contributed by atoms with van der Waals surface area (Å²) in [4.78, 5) is 23.1. The minimum Gasteiger partial charge on any atom is -0.321 e. The second kappa shape index (κ2) is 3.37. The topological polar surface area (TPSA) is 46.2 Å².